The number of rotatable bonds is 16. The number of carboxylic acid groups (broad SMARTS) is 2. The monoisotopic (exact) mass is 548 g/mol. The molecule has 0 aliphatic heterocycles. The van der Waals surface area contributed by atoms with Crippen molar-refractivity contribution in [3.63, 3.8) is 0 Å². The van der Waals surface area contributed by atoms with Gasteiger partial charge in [-0.3, -0.25) is 24.0 Å². The third-order valence-electron chi connectivity index (χ3n) is 5.85. The fraction of sp³-hybridized carbons (Fsp3) is 0.417. The molecule has 1 aromatic heterocycles. The highest BCUT2D eigenvalue weighted by Crippen LogP contribution is 2.19. The molecule has 4 unspecified atom stereocenters. The van der Waals surface area contributed by atoms with E-state index in [-0.39, 0.29) is 25.7 Å². The van der Waals surface area contributed by atoms with Crippen LogP contribution in [-0.2, 0) is 35.2 Å². The van der Waals surface area contributed by atoms with E-state index in [9.17, 15) is 39.0 Å². The number of hydrogen-bond acceptors (Lipinski definition) is 8. The Labute approximate surface area is 222 Å². The van der Waals surface area contributed by atoms with E-state index in [1.54, 1.807) is 30.5 Å². The molecule has 39 heavy (non-hydrogen) atoms. The Balaban J connectivity index is 2.23. The van der Waals surface area contributed by atoms with Gasteiger partial charge in [-0.25, -0.2) is 4.79 Å². The van der Waals surface area contributed by atoms with Crippen LogP contribution in [0.1, 0.15) is 31.2 Å². The maximum Gasteiger partial charge on any atom is 0.326 e. The summed E-state index contributed by atoms with van der Waals surface area (Å²) >= 11 is 0. The third kappa shape index (κ3) is 9.39. The second-order valence-electron chi connectivity index (χ2n) is 8.81. The highest BCUT2D eigenvalue weighted by molar-refractivity contribution is 5.95. The first-order valence-electron chi connectivity index (χ1n) is 12.0. The second-order valence-corrected chi connectivity index (χ2v) is 8.81. The number of carbonyl (C=O) groups excluding carboxylic acids is 4. The number of aliphatic carboxylic acids is 2. The lowest BCUT2D eigenvalue weighted by molar-refractivity contribution is -0.142. The summed E-state index contributed by atoms with van der Waals surface area (Å²) < 4.78 is 0. The largest absolute Gasteiger partial charge is 0.481 e. The van der Waals surface area contributed by atoms with Crippen molar-refractivity contribution >= 4 is 46.5 Å². The lowest BCUT2D eigenvalue weighted by Crippen LogP contribution is -2.58. The van der Waals surface area contributed by atoms with Gasteiger partial charge in [-0.2, -0.15) is 0 Å². The van der Waals surface area contributed by atoms with Crippen molar-refractivity contribution in [1.82, 2.24) is 20.9 Å². The maximum atomic E-state index is 13.1. The molecule has 1 heterocycles. The molecule has 0 fully saturated rings. The Bertz CT molecular complexity index is 1210. The van der Waals surface area contributed by atoms with Gasteiger partial charge in [0.25, 0.3) is 0 Å². The summed E-state index contributed by atoms with van der Waals surface area (Å²) in [4.78, 5) is 74.9. The molecule has 0 saturated heterocycles. The molecular weight excluding hydrogens is 516 g/mol. The molecule has 0 saturated carbocycles. The lowest BCUT2D eigenvalue weighted by Gasteiger charge is -2.24. The van der Waals surface area contributed by atoms with Gasteiger partial charge in [-0.05, 0) is 24.5 Å². The van der Waals surface area contributed by atoms with Crippen molar-refractivity contribution in [3.8, 4) is 0 Å². The molecule has 212 valence electrons. The number of para-hydroxylation sites is 1. The van der Waals surface area contributed by atoms with Crippen LogP contribution in [0.5, 0.6) is 0 Å². The van der Waals surface area contributed by atoms with E-state index in [1.807, 2.05) is 0 Å². The molecule has 0 aliphatic rings. The van der Waals surface area contributed by atoms with Crippen molar-refractivity contribution in [2.45, 2.75) is 56.3 Å². The molecule has 2 aromatic rings. The van der Waals surface area contributed by atoms with Gasteiger partial charge in [0.2, 0.25) is 23.6 Å². The minimum atomic E-state index is -1.54. The Morgan fingerprint density at radius 2 is 1.46 bits per heavy atom. The smallest absolute Gasteiger partial charge is 0.326 e. The normalized spacial score (nSPS) is 14.0. The first-order chi connectivity index (χ1) is 18.4. The quantitative estimate of drug-likeness (QED) is 0.108. The molecular formula is C24H32N6O9. The molecule has 4 amide bonds. The Morgan fingerprint density at radius 3 is 2.08 bits per heavy atom. The van der Waals surface area contributed by atoms with Gasteiger partial charge in [0.15, 0.2) is 0 Å². The van der Waals surface area contributed by atoms with Gasteiger partial charge in [-0.1, -0.05) is 18.2 Å². The summed E-state index contributed by atoms with van der Waals surface area (Å²) in [5, 5.41) is 35.6. The summed E-state index contributed by atoms with van der Waals surface area (Å²) in [6, 6.07) is 1.48. The number of aliphatic hydroxyl groups is 1. The van der Waals surface area contributed by atoms with Gasteiger partial charge >= 0.3 is 11.9 Å². The highest BCUT2D eigenvalue weighted by atomic mass is 16.4. The van der Waals surface area contributed by atoms with E-state index < -0.39 is 72.8 Å². The Hall–Kier alpha value is -4.50. The fourth-order valence-corrected chi connectivity index (χ4v) is 3.70. The molecule has 0 spiro atoms. The number of carbonyl (C=O) groups is 6. The lowest BCUT2D eigenvalue weighted by atomic mass is 10.0. The van der Waals surface area contributed by atoms with E-state index in [0.29, 0.717) is 5.56 Å². The zero-order valence-electron chi connectivity index (χ0n) is 20.9. The first-order valence-corrected chi connectivity index (χ1v) is 12.0. The van der Waals surface area contributed by atoms with Crippen LogP contribution in [0, 0.1) is 0 Å². The van der Waals surface area contributed by atoms with Crippen LogP contribution >= 0.6 is 0 Å². The average Bonchev–Trinajstić information content (AvgIpc) is 3.29. The molecule has 0 bridgehead atoms. The molecule has 0 aliphatic carbocycles. The topological polar surface area (TPSA) is 267 Å². The number of aromatic amines is 1. The van der Waals surface area contributed by atoms with Crippen LogP contribution < -0.4 is 27.4 Å². The van der Waals surface area contributed by atoms with E-state index in [1.165, 1.54) is 0 Å². The zero-order valence-corrected chi connectivity index (χ0v) is 20.9. The highest BCUT2D eigenvalue weighted by Gasteiger charge is 2.31. The first kappa shape index (κ1) is 30.7. The van der Waals surface area contributed by atoms with Gasteiger partial charge in [0.05, 0.1) is 12.6 Å². The minimum Gasteiger partial charge on any atom is -0.481 e. The van der Waals surface area contributed by atoms with E-state index in [0.717, 1.165) is 10.9 Å². The second kappa shape index (κ2) is 14.4. The number of nitrogens with two attached hydrogens (primary N) is 2. The number of hydrogen-bond donors (Lipinski definition) is 9. The fourth-order valence-electron chi connectivity index (χ4n) is 3.70. The standard InChI is InChI=1S/C24H32N6O9/c25-14(5-8-20(33)34)21(35)30-18(11-31)23(37)29-17(9-12-10-27-15-4-2-1-3-13(12)15)22(36)28-16(24(38)39)6-7-19(26)32/h1-4,10,14,16-18,27,31H,5-9,11,25H2,(H2,26,32)(H,28,36)(H,29,37)(H,30,35)(H,33,34)(H,38,39). The summed E-state index contributed by atoms with van der Waals surface area (Å²) in [6.45, 7) is -0.874. The van der Waals surface area contributed by atoms with Crippen LogP contribution in [0.3, 0.4) is 0 Å². The number of aliphatic hydroxyl groups excluding tert-OH is 1. The van der Waals surface area contributed by atoms with Crippen LogP contribution in [0.4, 0.5) is 0 Å². The van der Waals surface area contributed by atoms with Crippen molar-refractivity contribution in [1.29, 1.82) is 0 Å². The van der Waals surface area contributed by atoms with Crippen LogP contribution in [-0.4, -0.2) is 86.6 Å². The Kier molecular flexibility index (Phi) is 11.4. The molecule has 4 atom stereocenters. The van der Waals surface area contributed by atoms with Crippen molar-refractivity contribution in [2.24, 2.45) is 11.5 Å². The molecule has 15 nitrogen and oxygen atoms in total. The number of H-pyrrole nitrogens is 1. The molecule has 0 radical (unpaired) electrons. The number of fused-ring (bicyclic) bond motifs is 1. The summed E-state index contributed by atoms with van der Waals surface area (Å²) in [5.41, 5.74) is 12.1. The van der Waals surface area contributed by atoms with Gasteiger partial charge in [0, 0.05) is 36.4 Å². The summed E-state index contributed by atoms with van der Waals surface area (Å²) in [7, 11) is 0. The SMILES string of the molecule is NC(=O)CCC(NC(=O)C(Cc1c[nH]c2ccccc12)NC(=O)C(CO)NC(=O)C(N)CCC(=O)O)C(=O)O. The summed E-state index contributed by atoms with van der Waals surface area (Å²) in [5.74, 6) is -6.11. The zero-order chi connectivity index (χ0) is 29.1. The van der Waals surface area contributed by atoms with Gasteiger partial charge < -0.3 is 47.7 Å². The van der Waals surface area contributed by atoms with E-state index in [4.69, 9.17) is 16.6 Å². The molecule has 11 N–H and O–H groups in total. The molecule has 2 rings (SSSR count). The van der Waals surface area contributed by atoms with Gasteiger partial charge in [-0.15, -0.1) is 0 Å². The summed E-state index contributed by atoms with van der Waals surface area (Å²) in [6.07, 6.45) is 0.317. The number of amides is 4. The van der Waals surface area contributed by atoms with E-state index in [2.05, 4.69) is 20.9 Å². The van der Waals surface area contributed by atoms with Crippen LogP contribution in [0.2, 0.25) is 0 Å². The average molecular weight is 549 g/mol. The molecule has 1 aromatic carbocycles. The third-order valence-corrected chi connectivity index (χ3v) is 5.85. The number of aromatic nitrogens is 1. The van der Waals surface area contributed by atoms with Crippen LogP contribution in [0.15, 0.2) is 30.5 Å². The predicted octanol–water partition coefficient (Wildman–Crippen LogP) is -2.30. The van der Waals surface area contributed by atoms with Crippen LogP contribution in [0.25, 0.3) is 10.9 Å². The van der Waals surface area contributed by atoms with Gasteiger partial charge in [0.1, 0.15) is 18.1 Å². The number of nitrogens with one attached hydrogen (secondary N) is 4. The minimum absolute atomic E-state index is 0.103. The number of carboxylic acids is 2. The number of primary amides is 1. The number of benzene rings is 1. The Morgan fingerprint density at radius 1 is 0.846 bits per heavy atom. The predicted molar refractivity (Wildman–Crippen MR) is 136 cm³/mol. The van der Waals surface area contributed by atoms with Crippen molar-refractivity contribution < 1.29 is 44.1 Å². The van der Waals surface area contributed by atoms with Crippen molar-refractivity contribution in [3.05, 3.63) is 36.0 Å². The molecule has 15 heteroatoms. The van der Waals surface area contributed by atoms with Crippen molar-refractivity contribution in [2.75, 3.05) is 6.61 Å². The maximum absolute atomic E-state index is 13.1. The van der Waals surface area contributed by atoms with E-state index >= 15 is 0 Å².